The molecule has 0 aromatic heterocycles. The van der Waals surface area contributed by atoms with Gasteiger partial charge in [-0.25, -0.2) is 0 Å². The Hall–Kier alpha value is -2.71. The highest BCUT2D eigenvalue weighted by Crippen LogP contribution is 2.19. The van der Waals surface area contributed by atoms with Crippen LogP contribution in [0.2, 0.25) is 0 Å². The second kappa shape index (κ2) is 8.66. The van der Waals surface area contributed by atoms with Crippen molar-refractivity contribution in [3.05, 3.63) is 64.7 Å². The lowest BCUT2D eigenvalue weighted by Crippen LogP contribution is -1.98. The number of hydrogen-bond donors (Lipinski definition) is 0. The first kappa shape index (κ1) is 16.7. The molecule has 0 spiro atoms. The lowest BCUT2D eigenvalue weighted by Gasteiger charge is -2.07. The highest BCUT2D eigenvalue weighted by Gasteiger charge is 2.03. The van der Waals surface area contributed by atoms with Gasteiger partial charge in [-0.15, -0.1) is 0 Å². The second-order valence-electron chi connectivity index (χ2n) is 5.33. The quantitative estimate of drug-likeness (QED) is 0.592. The molecule has 0 saturated carbocycles. The zero-order valence-electron chi connectivity index (χ0n) is 13.7. The Morgan fingerprint density at radius 2 is 1.65 bits per heavy atom. The van der Waals surface area contributed by atoms with Crippen molar-refractivity contribution in [3.63, 3.8) is 0 Å². The highest BCUT2D eigenvalue weighted by atomic mass is 16.5. The molecular formula is C21H21NO. The minimum atomic E-state index is 0.536. The molecular weight excluding hydrogens is 282 g/mol. The standard InChI is InChI=1S/C21H21NO/c1-3-5-14-23-21-13-12-19(15-20(21)16-22)11-10-18-8-6-17(4-2)7-9-18/h6-9,12-13,15H,3-5,14H2,1-2H3. The third-order valence-electron chi connectivity index (χ3n) is 3.57. The van der Waals surface area contributed by atoms with Crippen LogP contribution < -0.4 is 4.74 Å². The van der Waals surface area contributed by atoms with Gasteiger partial charge in [0.05, 0.1) is 12.2 Å². The Labute approximate surface area is 138 Å². The van der Waals surface area contributed by atoms with Crippen LogP contribution in [-0.4, -0.2) is 6.61 Å². The van der Waals surface area contributed by atoms with Gasteiger partial charge in [0, 0.05) is 11.1 Å². The Bertz CT molecular complexity index is 742. The fourth-order valence-corrected chi connectivity index (χ4v) is 2.12. The van der Waals surface area contributed by atoms with Gasteiger partial charge in [-0.3, -0.25) is 0 Å². The number of aryl methyl sites for hydroxylation is 1. The molecule has 0 aliphatic heterocycles. The zero-order valence-corrected chi connectivity index (χ0v) is 13.7. The number of benzene rings is 2. The van der Waals surface area contributed by atoms with Gasteiger partial charge in [0.2, 0.25) is 0 Å². The van der Waals surface area contributed by atoms with Crippen LogP contribution in [0.4, 0.5) is 0 Å². The van der Waals surface area contributed by atoms with Crippen molar-refractivity contribution in [1.82, 2.24) is 0 Å². The van der Waals surface area contributed by atoms with Crippen molar-refractivity contribution in [2.45, 2.75) is 33.1 Å². The van der Waals surface area contributed by atoms with Crippen molar-refractivity contribution in [3.8, 4) is 23.7 Å². The van der Waals surface area contributed by atoms with Gasteiger partial charge in [-0.1, -0.05) is 44.2 Å². The van der Waals surface area contributed by atoms with E-state index in [2.05, 4.69) is 43.9 Å². The van der Waals surface area contributed by atoms with E-state index in [1.165, 1.54) is 5.56 Å². The van der Waals surface area contributed by atoms with Crippen LogP contribution in [0.5, 0.6) is 5.75 Å². The lowest BCUT2D eigenvalue weighted by atomic mass is 10.1. The predicted octanol–water partition coefficient (Wildman–Crippen LogP) is 4.70. The third-order valence-corrected chi connectivity index (χ3v) is 3.57. The normalized spacial score (nSPS) is 9.61. The summed E-state index contributed by atoms with van der Waals surface area (Å²) >= 11 is 0. The van der Waals surface area contributed by atoms with Crippen LogP contribution in [0.3, 0.4) is 0 Å². The summed E-state index contributed by atoms with van der Waals surface area (Å²) in [5, 5.41) is 9.26. The van der Waals surface area contributed by atoms with E-state index in [0.29, 0.717) is 17.9 Å². The molecule has 0 aliphatic rings. The highest BCUT2D eigenvalue weighted by molar-refractivity contribution is 5.51. The summed E-state index contributed by atoms with van der Waals surface area (Å²) in [6.07, 6.45) is 3.08. The fraction of sp³-hybridized carbons (Fsp3) is 0.286. The molecule has 0 heterocycles. The Balaban J connectivity index is 2.14. The van der Waals surface area contributed by atoms with Crippen LogP contribution in [-0.2, 0) is 6.42 Å². The van der Waals surface area contributed by atoms with Gasteiger partial charge in [0.25, 0.3) is 0 Å². The van der Waals surface area contributed by atoms with E-state index >= 15 is 0 Å². The van der Waals surface area contributed by atoms with Gasteiger partial charge < -0.3 is 4.74 Å². The molecule has 2 aromatic rings. The van der Waals surface area contributed by atoms with Crippen molar-refractivity contribution in [2.75, 3.05) is 6.61 Å². The molecule has 0 aliphatic carbocycles. The summed E-state index contributed by atoms with van der Waals surface area (Å²) in [7, 11) is 0. The van der Waals surface area contributed by atoms with E-state index in [4.69, 9.17) is 4.74 Å². The smallest absolute Gasteiger partial charge is 0.137 e. The summed E-state index contributed by atoms with van der Waals surface area (Å²) in [6, 6.07) is 15.9. The molecule has 116 valence electrons. The first-order valence-electron chi connectivity index (χ1n) is 8.04. The van der Waals surface area contributed by atoms with Gasteiger partial charge >= 0.3 is 0 Å². The number of unbranched alkanes of at least 4 members (excludes halogenated alkanes) is 1. The van der Waals surface area contributed by atoms with Gasteiger partial charge in [0.1, 0.15) is 11.8 Å². The van der Waals surface area contributed by atoms with Crippen LogP contribution in [0.1, 0.15) is 48.9 Å². The number of rotatable bonds is 5. The summed E-state index contributed by atoms with van der Waals surface area (Å²) in [5.74, 6) is 6.88. The molecule has 0 amide bonds. The summed E-state index contributed by atoms with van der Waals surface area (Å²) in [6.45, 7) is 4.88. The minimum Gasteiger partial charge on any atom is -0.492 e. The van der Waals surface area contributed by atoms with Gasteiger partial charge in [0.15, 0.2) is 0 Å². The van der Waals surface area contributed by atoms with Crippen molar-refractivity contribution in [2.24, 2.45) is 0 Å². The maximum absolute atomic E-state index is 9.26. The fourth-order valence-electron chi connectivity index (χ4n) is 2.12. The SMILES string of the molecule is CCCCOc1ccc(C#Cc2ccc(CC)cc2)cc1C#N. The minimum absolute atomic E-state index is 0.536. The third kappa shape index (κ3) is 4.90. The first-order chi connectivity index (χ1) is 11.3. The topological polar surface area (TPSA) is 33.0 Å². The number of hydrogen-bond acceptors (Lipinski definition) is 2. The summed E-state index contributed by atoms with van der Waals surface area (Å²) < 4.78 is 5.64. The zero-order chi connectivity index (χ0) is 16.5. The molecule has 2 heteroatoms. The number of ether oxygens (including phenoxy) is 1. The van der Waals surface area contributed by atoms with Crippen LogP contribution >= 0.6 is 0 Å². The largest absolute Gasteiger partial charge is 0.492 e. The van der Waals surface area contributed by atoms with Gasteiger partial charge in [-0.2, -0.15) is 5.26 Å². The van der Waals surface area contributed by atoms with Crippen molar-refractivity contribution >= 4 is 0 Å². The monoisotopic (exact) mass is 303 g/mol. The average molecular weight is 303 g/mol. The Morgan fingerprint density at radius 1 is 0.957 bits per heavy atom. The molecule has 0 atom stereocenters. The molecule has 2 aromatic carbocycles. The molecule has 0 bridgehead atoms. The van der Waals surface area contributed by atoms with E-state index in [1.807, 2.05) is 24.3 Å². The number of nitrogens with zero attached hydrogens (tertiary/aromatic N) is 1. The van der Waals surface area contributed by atoms with Crippen LogP contribution in [0, 0.1) is 23.2 Å². The molecule has 2 rings (SSSR count). The van der Waals surface area contributed by atoms with Crippen LogP contribution in [0.25, 0.3) is 0 Å². The Morgan fingerprint density at radius 3 is 2.30 bits per heavy atom. The molecule has 2 nitrogen and oxygen atoms in total. The molecule has 0 radical (unpaired) electrons. The maximum atomic E-state index is 9.26. The van der Waals surface area contributed by atoms with E-state index in [0.717, 1.165) is 30.4 Å². The molecule has 0 saturated heterocycles. The van der Waals surface area contributed by atoms with E-state index in [9.17, 15) is 5.26 Å². The lowest BCUT2D eigenvalue weighted by molar-refractivity contribution is 0.308. The molecule has 23 heavy (non-hydrogen) atoms. The second-order valence-corrected chi connectivity index (χ2v) is 5.33. The number of nitriles is 1. The summed E-state index contributed by atoms with van der Waals surface area (Å²) in [4.78, 5) is 0. The first-order valence-corrected chi connectivity index (χ1v) is 8.04. The summed E-state index contributed by atoms with van der Waals surface area (Å²) in [5.41, 5.74) is 3.64. The predicted molar refractivity (Wildman–Crippen MR) is 93.4 cm³/mol. The van der Waals surface area contributed by atoms with E-state index in [-0.39, 0.29) is 0 Å². The Kier molecular flexibility index (Phi) is 6.28. The van der Waals surface area contributed by atoms with E-state index < -0.39 is 0 Å². The van der Waals surface area contributed by atoms with Gasteiger partial charge in [-0.05, 0) is 48.7 Å². The van der Waals surface area contributed by atoms with Crippen molar-refractivity contribution in [1.29, 1.82) is 5.26 Å². The molecule has 0 fully saturated rings. The average Bonchev–Trinajstić information content (AvgIpc) is 2.61. The maximum Gasteiger partial charge on any atom is 0.137 e. The molecule has 0 N–H and O–H groups in total. The molecule has 0 unspecified atom stereocenters. The van der Waals surface area contributed by atoms with Crippen LogP contribution in [0.15, 0.2) is 42.5 Å². The van der Waals surface area contributed by atoms with Crippen molar-refractivity contribution < 1.29 is 4.74 Å². The van der Waals surface area contributed by atoms with E-state index in [1.54, 1.807) is 6.07 Å².